The summed E-state index contributed by atoms with van der Waals surface area (Å²) in [6.07, 6.45) is 0. The van der Waals surface area contributed by atoms with E-state index in [4.69, 9.17) is 0 Å². The van der Waals surface area contributed by atoms with Gasteiger partial charge in [0.05, 0.1) is 5.75 Å². The fourth-order valence-corrected chi connectivity index (χ4v) is 3.58. The highest BCUT2D eigenvalue weighted by molar-refractivity contribution is 7.99. The lowest BCUT2D eigenvalue weighted by Gasteiger charge is -2.14. The minimum Gasteiger partial charge on any atom is -0.378 e. The maximum Gasteiger partial charge on any atom is 0.234 e. The van der Waals surface area contributed by atoms with Crippen molar-refractivity contribution >= 4 is 29.0 Å². The molecule has 3 aromatic rings. The minimum absolute atomic E-state index is 0.0596. The third kappa shape index (κ3) is 4.72. The van der Waals surface area contributed by atoms with Gasteiger partial charge in [-0.05, 0) is 38.1 Å². The van der Waals surface area contributed by atoms with Gasteiger partial charge < -0.3 is 14.8 Å². The van der Waals surface area contributed by atoms with Gasteiger partial charge >= 0.3 is 0 Å². The van der Waals surface area contributed by atoms with Crippen LogP contribution in [0, 0.1) is 6.92 Å². The molecule has 146 valence electrons. The van der Waals surface area contributed by atoms with E-state index in [9.17, 15) is 4.79 Å². The average molecular weight is 396 g/mol. The van der Waals surface area contributed by atoms with Crippen LogP contribution >= 0.6 is 11.8 Å². The molecule has 1 amide bonds. The number of hydrogen-bond acceptors (Lipinski definition) is 5. The van der Waals surface area contributed by atoms with Crippen LogP contribution in [-0.2, 0) is 11.3 Å². The van der Waals surface area contributed by atoms with Gasteiger partial charge in [0.15, 0.2) is 11.0 Å². The van der Waals surface area contributed by atoms with E-state index in [1.165, 1.54) is 11.8 Å². The zero-order valence-corrected chi connectivity index (χ0v) is 17.5. The van der Waals surface area contributed by atoms with E-state index >= 15 is 0 Å². The molecule has 0 radical (unpaired) electrons. The van der Waals surface area contributed by atoms with E-state index < -0.39 is 0 Å². The van der Waals surface area contributed by atoms with Crippen LogP contribution in [0.5, 0.6) is 0 Å². The fraction of sp³-hybridized carbons (Fsp3) is 0.286. The molecule has 1 aromatic heterocycles. The van der Waals surface area contributed by atoms with E-state index in [1.807, 2.05) is 62.0 Å². The molecule has 0 atom stereocenters. The molecule has 0 bridgehead atoms. The van der Waals surface area contributed by atoms with Crippen LogP contribution in [0.3, 0.4) is 0 Å². The van der Waals surface area contributed by atoms with E-state index in [2.05, 4.69) is 39.5 Å². The van der Waals surface area contributed by atoms with E-state index in [0.717, 1.165) is 40.0 Å². The predicted octanol–water partition coefficient (Wildman–Crippen LogP) is 4.07. The Labute approximate surface area is 170 Å². The minimum atomic E-state index is -0.0596. The number of rotatable bonds is 7. The van der Waals surface area contributed by atoms with Crippen LogP contribution in [-0.4, -0.2) is 40.5 Å². The van der Waals surface area contributed by atoms with E-state index in [-0.39, 0.29) is 11.7 Å². The Balaban J connectivity index is 1.71. The van der Waals surface area contributed by atoms with Gasteiger partial charge in [0.1, 0.15) is 0 Å². The van der Waals surface area contributed by atoms with Crippen molar-refractivity contribution in [1.82, 2.24) is 14.8 Å². The number of carbonyl (C=O) groups excluding carboxylic acids is 1. The maximum absolute atomic E-state index is 12.3. The van der Waals surface area contributed by atoms with Gasteiger partial charge in [-0.3, -0.25) is 4.79 Å². The van der Waals surface area contributed by atoms with Crippen molar-refractivity contribution in [3.8, 4) is 11.4 Å². The Hall–Kier alpha value is -2.80. The number of hydrogen-bond donors (Lipinski definition) is 1. The SMILES string of the molecule is CCn1c(SCC(=O)Nc2ccc(C)cc2)nnc1-c1cccc(N(C)C)c1. The molecule has 1 N–H and O–H groups in total. The molecule has 3 rings (SSSR count). The molecule has 0 saturated heterocycles. The number of amides is 1. The van der Waals surface area contributed by atoms with Crippen LogP contribution in [0.15, 0.2) is 53.7 Å². The number of anilines is 2. The zero-order chi connectivity index (χ0) is 20.1. The van der Waals surface area contributed by atoms with Crippen molar-refractivity contribution in [2.45, 2.75) is 25.5 Å². The number of aryl methyl sites for hydroxylation is 1. The molecule has 0 fully saturated rings. The molecule has 0 spiro atoms. The van der Waals surface area contributed by atoms with Crippen LogP contribution in [0.4, 0.5) is 11.4 Å². The third-order valence-corrected chi connectivity index (χ3v) is 5.29. The molecular weight excluding hydrogens is 370 g/mol. The quantitative estimate of drug-likeness (QED) is 0.611. The second-order valence-corrected chi connectivity index (χ2v) is 7.64. The standard InChI is InChI=1S/C21H25N5OS/c1-5-26-20(16-7-6-8-18(13-16)25(3)4)23-24-21(26)28-14-19(27)22-17-11-9-15(2)10-12-17/h6-13H,5,14H2,1-4H3,(H,22,27). The number of carbonyl (C=O) groups is 1. The van der Waals surface area contributed by atoms with Crippen LogP contribution in [0.1, 0.15) is 12.5 Å². The smallest absolute Gasteiger partial charge is 0.234 e. The summed E-state index contributed by atoms with van der Waals surface area (Å²) in [5.41, 5.74) is 4.08. The van der Waals surface area contributed by atoms with E-state index in [0.29, 0.717) is 0 Å². The first-order valence-corrected chi connectivity index (χ1v) is 10.2. The highest BCUT2D eigenvalue weighted by Gasteiger charge is 2.15. The van der Waals surface area contributed by atoms with Gasteiger partial charge in [-0.1, -0.05) is 41.6 Å². The second kappa shape index (κ2) is 8.93. The highest BCUT2D eigenvalue weighted by Crippen LogP contribution is 2.26. The molecule has 2 aromatic carbocycles. The lowest BCUT2D eigenvalue weighted by Crippen LogP contribution is -2.14. The van der Waals surface area contributed by atoms with Crippen molar-refractivity contribution in [2.75, 3.05) is 30.1 Å². The van der Waals surface area contributed by atoms with Gasteiger partial charge in [0, 0.05) is 37.6 Å². The van der Waals surface area contributed by atoms with Crippen molar-refractivity contribution in [2.24, 2.45) is 0 Å². The van der Waals surface area contributed by atoms with E-state index in [1.54, 1.807) is 0 Å². The zero-order valence-electron chi connectivity index (χ0n) is 16.6. The predicted molar refractivity (Wildman–Crippen MR) is 116 cm³/mol. The lowest BCUT2D eigenvalue weighted by atomic mass is 10.2. The molecule has 0 saturated carbocycles. The molecule has 0 aliphatic rings. The molecule has 7 heteroatoms. The topological polar surface area (TPSA) is 63.1 Å². The molecule has 1 heterocycles. The molecule has 0 unspecified atom stereocenters. The fourth-order valence-electron chi connectivity index (χ4n) is 2.78. The summed E-state index contributed by atoms with van der Waals surface area (Å²) in [7, 11) is 4.02. The summed E-state index contributed by atoms with van der Waals surface area (Å²) in [5.74, 6) is 1.03. The van der Waals surface area contributed by atoms with Crippen LogP contribution < -0.4 is 10.2 Å². The number of benzene rings is 2. The number of thioether (sulfide) groups is 1. The summed E-state index contributed by atoms with van der Waals surface area (Å²) in [6.45, 7) is 4.81. The molecule has 28 heavy (non-hydrogen) atoms. The summed E-state index contributed by atoms with van der Waals surface area (Å²) in [6, 6.07) is 16.0. The maximum atomic E-state index is 12.3. The first-order valence-electron chi connectivity index (χ1n) is 9.18. The summed E-state index contributed by atoms with van der Waals surface area (Å²) < 4.78 is 2.04. The molecule has 0 aliphatic carbocycles. The van der Waals surface area contributed by atoms with Crippen molar-refractivity contribution < 1.29 is 4.79 Å². The molecular formula is C21H25N5OS. The third-order valence-electron chi connectivity index (χ3n) is 4.32. The average Bonchev–Trinajstić information content (AvgIpc) is 3.11. The van der Waals surface area contributed by atoms with Crippen molar-refractivity contribution in [3.05, 3.63) is 54.1 Å². The Morgan fingerprint density at radius 3 is 2.57 bits per heavy atom. The number of nitrogens with one attached hydrogen (secondary N) is 1. The summed E-state index contributed by atoms with van der Waals surface area (Å²) in [5, 5.41) is 12.3. The first-order chi connectivity index (χ1) is 13.5. The highest BCUT2D eigenvalue weighted by atomic mass is 32.2. The van der Waals surface area contributed by atoms with Gasteiger partial charge in [-0.2, -0.15) is 0 Å². The van der Waals surface area contributed by atoms with Crippen molar-refractivity contribution in [1.29, 1.82) is 0 Å². The molecule has 6 nitrogen and oxygen atoms in total. The first kappa shape index (κ1) is 19.9. The Morgan fingerprint density at radius 1 is 1.14 bits per heavy atom. The normalized spacial score (nSPS) is 10.7. The second-order valence-electron chi connectivity index (χ2n) is 6.70. The Morgan fingerprint density at radius 2 is 1.89 bits per heavy atom. The number of aromatic nitrogens is 3. The van der Waals surface area contributed by atoms with Crippen LogP contribution in [0.25, 0.3) is 11.4 Å². The Bertz CT molecular complexity index is 950. The van der Waals surface area contributed by atoms with Crippen molar-refractivity contribution in [3.63, 3.8) is 0 Å². The van der Waals surface area contributed by atoms with Gasteiger partial charge in [0.2, 0.25) is 5.91 Å². The van der Waals surface area contributed by atoms with Gasteiger partial charge in [-0.15, -0.1) is 10.2 Å². The Kier molecular flexibility index (Phi) is 6.36. The number of nitrogens with zero attached hydrogens (tertiary/aromatic N) is 4. The van der Waals surface area contributed by atoms with Gasteiger partial charge in [-0.25, -0.2) is 0 Å². The monoisotopic (exact) mass is 395 g/mol. The van der Waals surface area contributed by atoms with Crippen LogP contribution in [0.2, 0.25) is 0 Å². The lowest BCUT2D eigenvalue weighted by molar-refractivity contribution is -0.113. The van der Waals surface area contributed by atoms with Gasteiger partial charge in [0.25, 0.3) is 0 Å². The summed E-state index contributed by atoms with van der Waals surface area (Å²) >= 11 is 1.40. The molecule has 0 aliphatic heterocycles. The largest absolute Gasteiger partial charge is 0.378 e. The summed E-state index contributed by atoms with van der Waals surface area (Å²) in [4.78, 5) is 14.3.